The van der Waals surface area contributed by atoms with Gasteiger partial charge in [0.15, 0.2) is 16.6 Å². The molecule has 0 saturated heterocycles. The Bertz CT molecular complexity index is 693. The molecule has 0 fully saturated rings. The molecule has 3 rings (SSSR count). The Balaban J connectivity index is 2.23. The minimum atomic E-state index is 0.325. The summed E-state index contributed by atoms with van der Waals surface area (Å²) in [5.74, 6) is 0.522. The molecule has 2 heterocycles. The molecule has 2 aromatic heterocycles. The molecule has 0 atom stereocenters. The Morgan fingerprint density at radius 3 is 2.82 bits per heavy atom. The number of benzene rings is 1. The van der Waals surface area contributed by atoms with Gasteiger partial charge in [0.25, 0.3) is 0 Å². The Kier molecular flexibility index (Phi) is 2.46. The van der Waals surface area contributed by atoms with Crippen LogP contribution in [0.15, 0.2) is 30.6 Å². The fourth-order valence-electron chi connectivity index (χ4n) is 1.56. The van der Waals surface area contributed by atoms with Crippen molar-refractivity contribution in [1.82, 2.24) is 19.9 Å². The van der Waals surface area contributed by atoms with Crippen molar-refractivity contribution in [1.29, 1.82) is 0 Å². The maximum absolute atomic E-state index is 6.03. The summed E-state index contributed by atoms with van der Waals surface area (Å²) in [4.78, 5) is 15.5. The van der Waals surface area contributed by atoms with Gasteiger partial charge in [-0.25, -0.2) is 15.0 Å². The van der Waals surface area contributed by atoms with Crippen LogP contribution in [0.25, 0.3) is 22.6 Å². The highest BCUT2D eigenvalue weighted by Crippen LogP contribution is 2.24. The minimum Gasteiger partial charge on any atom is -0.329 e. The van der Waals surface area contributed by atoms with Gasteiger partial charge < -0.3 is 4.98 Å². The number of fused-ring (bicyclic) bond motifs is 1. The van der Waals surface area contributed by atoms with Gasteiger partial charge in [-0.15, -0.1) is 0 Å². The summed E-state index contributed by atoms with van der Waals surface area (Å²) in [5, 5.41) is 0.957. The van der Waals surface area contributed by atoms with Crippen LogP contribution in [0.5, 0.6) is 0 Å². The van der Waals surface area contributed by atoms with Crippen LogP contribution < -0.4 is 0 Å². The van der Waals surface area contributed by atoms with Gasteiger partial charge in [0, 0.05) is 10.6 Å². The summed E-state index contributed by atoms with van der Waals surface area (Å²) in [6.07, 6.45) is 1.53. The largest absolute Gasteiger partial charge is 0.329 e. The van der Waals surface area contributed by atoms with E-state index in [1.807, 2.05) is 12.1 Å². The molecule has 0 unspecified atom stereocenters. The van der Waals surface area contributed by atoms with Gasteiger partial charge in [-0.05, 0) is 12.1 Å². The normalized spacial score (nSPS) is 10.9. The lowest BCUT2D eigenvalue weighted by Crippen LogP contribution is -1.91. The van der Waals surface area contributed by atoms with Crippen LogP contribution >= 0.6 is 23.2 Å². The zero-order valence-electron chi connectivity index (χ0n) is 8.48. The SMILES string of the molecule is Clc1cccc(-c2nc(Cl)c3nc[nH]c3n2)c1. The van der Waals surface area contributed by atoms with Crippen LogP contribution in [0.4, 0.5) is 0 Å². The first-order valence-electron chi connectivity index (χ1n) is 4.86. The quantitative estimate of drug-likeness (QED) is 0.686. The van der Waals surface area contributed by atoms with Crippen LogP contribution in [0, 0.1) is 0 Å². The van der Waals surface area contributed by atoms with Crippen LogP contribution in [0.1, 0.15) is 0 Å². The van der Waals surface area contributed by atoms with Crippen LogP contribution in [0.2, 0.25) is 10.2 Å². The predicted octanol–water partition coefficient (Wildman–Crippen LogP) is 3.33. The number of rotatable bonds is 1. The fourth-order valence-corrected chi connectivity index (χ4v) is 1.97. The van der Waals surface area contributed by atoms with E-state index >= 15 is 0 Å². The van der Waals surface area contributed by atoms with E-state index in [9.17, 15) is 0 Å². The van der Waals surface area contributed by atoms with Gasteiger partial charge >= 0.3 is 0 Å². The van der Waals surface area contributed by atoms with E-state index in [1.165, 1.54) is 6.33 Å². The first-order chi connectivity index (χ1) is 8.24. The molecule has 84 valence electrons. The lowest BCUT2D eigenvalue weighted by molar-refractivity contribution is 1.21. The van der Waals surface area contributed by atoms with Crippen molar-refractivity contribution < 1.29 is 0 Å². The molecule has 0 amide bonds. The third kappa shape index (κ3) is 1.85. The number of imidazole rings is 1. The third-order valence-corrected chi connectivity index (χ3v) is 2.82. The molecule has 0 spiro atoms. The Morgan fingerprint density at radius 2 is 2.00 bits per heavy atom. The first-order valence-corrected chi connectivity index (χ1v) is 5.62. The number of nitrogens with one attached hydrogen (secondary N) is 1. The molecule has 0 aliphatic heterocycles. The molecule has 0 bridgehead atoms. The van der Waals surface area contributed by atoms with E-state index in [0.717, 1.165) is 5.56 Å². The molecule has 0 radical (unpaired) electrons. The standard InChI is InChI=1S/C11H6Cl2N4/c12-7-3-1-2-6(4-7)10-16-9(13)8-11(17-10)15-5-14-8/h1-5H,(H,14,15,16,17). The summed E-state index contributed by atoms with van der Waals surface area (Å²) in [7, 11) is 0. The summed E-state index contributed by atoms with van der Waals surface area (Å²) in [6, 6.07) is 7.29. The van der Waals surface area contributed by atoms with E-state index in [-0.39, 0.29) is 0 Å². The van der Waals surface area contributed by atoms with Gasteiger partial charge in [0.05, 0.1) is 6.33 Å². The highest BCUT2D eigenvalue weighted by Gasteiger charge is 2.09. The number of aromatic amines is 1. The molecular formula is C11H6Cl2N4. The number of halogens is 2. The van der Waals surface area contributed by atoms with Crippen molar-refractivity contribution in [2.24, 2.45) is 0 Å². The number of H-pyrrole nitrogens is 1. The van der Waals surface area contributed by atoms with Crippen molar-refractivity contribution in [3.05, 3.63) is 40.8 Å². The number of aromatic nitrogens is 4. The molecule has 0 aliphatic carbocycles. The second-order valence-corrected chi connectivity index (χ2v) is 4.24. The number of hydrogen-bond acceptors (Lipinski definition) is 3. The highest BCUT2D eigenvalue weighted by molar-refractivity contribution is 6.33. The van der Waals surface area contributed by atoms with Gasteiger partial charge in [0.2, 0.25) is 0 Å². The second kappa shape index (κ2) is 3.98. The van der Waals surface area contributed by atoms with E-state index in [4.69, 9.17) is 23.2 Å². The molecule has 3 aromatic rings. The van der Waals surface area contributed by atoms with Gasteiger partial charge in [0.1, 0.15) is 5.52 Å². The summed E-state index contributed by atoms with van der Waals surface area (Å²) in [5.41, 5.74) is 1.99. The molecule has 4 nitrogen and oxygen atoms in total. The predicted molar refractivity (Wildman–Crippen MR) is 67.1 cm³/mol. The first kappa shape index (κ1) is 10.5. The summed E-state index contributed by atoms with van der Waals surface area (Å²) < 4.78 is 0. The van der Waals surface area contributed by atoms with Gasteiger partial charge in [-0.1, -0.05) is 35.3 Å². The lowest BCUT2D eigenvalue weighted by atomic mass is 10.2. The van der Waals surface area contributed by atoms with E-state index < -0.39 is 0 Å². The Morgan fingerprint density at radius 1 is 1.12 bits per heavy atom. The Labute approximate surface area is 107 Å². The zero-order chi connectivity index (χ0) is 11.8. The molecule has 6 heteroatoms. The van der Waals surface area contributed by atoms with Crippen molar-refractivity contribution >= 4 is 34.4 Å². The maximum atomic E-state index is 6.03. The monoisotopic (exact) mass is 264 g/mol. The number of hydrogen-bond donors (Lipinski definition) is 1. The number of nitrogens with zero attached hydrogens (tertiary/aromatic N) is 3. The summed E-state index contributed by atoms with van der Waals surface area (Å²) >= 11 is 11.9. The molecule has 0 saturated carbocycles. The molecule has 1 aromatic carbocycles. The summed E-state index contributed by atoms with van der Waals surface area (Å²) in [6.45, 7) is 0. The van der Waals surface area contributed by atoms with Gasteiger partial charge in [-0.3, -0.25) is 0 Å². The van der Waals surface area contributed by atoms with Crippen LogP contribution in [-0.4, -0.2) is 19.9 Å². The fraction of sp³-hybridized carbons (Fsp3) is 0. The highest BCUT2D eigenvalue weighted by atomic mass is 35.5. The van der Waals surface area contributed by atoms with E-state index in [1.54, 1.807) is 12.1 Å². The zero-order valence-corrected chi connectivity index (χ0v) is 10.00. The van der Waals surface area contributed by atoms with Crippen molar-refractivity contribution in [2.75, 3.05) is 0 Å². The molecule has 1 N–H and O–H groups in total. The average molecular weight is 265 g/mol. The van der Waals surface area contributed by atoms with Crippen LogP contribution in [-0.2, 0) is 0 Å². The second-order valence-electron chi connectivity index (χ2n) is 3.45. The van der Waals surface area contributed by atoms with E-state index in [0.29, 0.717) is 27.2 Å². The maximum Gasteiger partial charge on any atom is 0.163 e. The smallest absolute Gasteiger partial charge is 0.163 e. The van der Waals surface area contributed by atoms with Crippen molar-refractivity contribution in [2.45, 2.75) is 0 Å². The van der Waals surface area contributed by atoms with Crippen molar-refractivity contribution in [3.63, 3.8) is 0 Å². The third-order valence-electron chi connectivity index (χ3n) is 2.32. The topological polar surface area (TPSA) is 54.5 Å². The van der Waals surface area contributed by atoms with Gasteiger partial charge in [-0.2, -0.15) is 0 Å². The molecular weight excluding hydrogens is 259 g/mol. The minimum absolute atomic E-state index is 0.325. The lowest BCUT2D eigenvalue weighted by Gasteiger charge is -2.01. The molecule has 0 aliphatic rings. The van der Waals surface area contributed by atoms with E-state index in [2.05, 4.69) is 19.9 Å². The molecule has 17 heavy (non-hydrogen) atoms. The Hall–Kier alpha value is -1.65. The van der Waals surface area contributed by atoms with Crippen LogP contribution in [0.3, 0.4) is 0 Å². The van der Waals surface area contributed by atoms with Crippen molar-refractivity contribution in [3.8, 4) is 11.4 Å². The average Bonchev–Trinajstić information content (AvgIpc) is 2.77.